The van der Waals surface area contributed by atoms with E-state index in [1.807, 2.05) is 0 Å². The fourth-order valence-electron chi connectivity index (χ4n) is 2.86. The van der Waals surface area contributed by atoms with Gasteiger partial charge in [0.05, 0.1) is 9.79 Å². The summed E-state index contributed by atoms with van der Waals surface area (Å²) in [7, 11) is -8.03. The normalized spacial score (nSPS) is 12.8. The first kappa shape index (κ1) is 23.5. The molecule has 0 aliphatic heterocycles. The van der Waals surface area contributed by atoms with Crippen LogP contribution >= 0.6 is 0 Å². The van der Waals surface area contributed by atoms with Crippen LogP contribution in [0.15, 0.2) is 88.7 Å². The average molecular weight is 478 g/mol. The zero-order valence-electron chi connectivity index (χ0n) is 16.6. The Kier molecular flexibility index (Phi) is 7.04. The Balaban J connectivity index is 1.85. The fourth-order valence-corrected chi connectivity index (χ4v) is 4.57. The van der Waals surface area contributed by atoms with Crippen molar-refractivity contribution in [2.45, 2.75) is 22.3 Å². The van der Waals surface area contributed by atoms with Crippen molar-refractivity contribution in [1.29, 1.82) is 0 Å². The Labute approximate surface area is 185 Å². The fraction of sp³-hybridized carbons (Fsp3) is 0.0952. The van der Waals surface area contributed by atoms with Gasteiger partial charge in [-0.3, -0.25) is 4.79 Å². The van der Waals surface area contributed by atoms with Gasteiger partial charge in [0.25, 0.3) is 0 Å². The van der Waals surface area contributed by atoms with Gasteiger partial charge in [-0.1, -0.05) is 30.3 Å². The topological polar surface area (TPSA) is 135 Å². The molecule has 32 heavy (non-hydrogen) atoms. The number of rotatable bonds is 8. The number of benzene rings is 3. The molecule has 0 fully saturated rings. The molecule has 3 aromatic carbocycles. The maximum absolute atomic E-state index is 13.2. The van der Waals surface area contributed by atoms with Gasteiger partial charge in [0.2, 0.25) is 26.0 Å². The van der Waals surface area contributed by atoms with Crippen molar-refractivity contribution in [2.24, 2.45) is 5.14 Å². The number of nitrogens with one attached hydrogen (secondary N) is 2. The first-order valence-electron chi connectivity index (χ1n) is 9.30. The van der Waals surface area contributed by atoms with Crippen molar-refractivity contribution in [2.75, 3.05) is 5.32 Å². The maximum Gasteiger partial charge on any atom is 0.242 e. The minimum Gasteiger partial charge on any atom is -0.325 e. The highest BCUT2D eigenvalue weighted by molar-refractivity contribution is 7.89. The number of carbonyl (C=O) groups is 1. The van der Waals surface area contributed by atoms with Crippen molar-refractivity contribution < 1.29 is 26.0 Å². The van der Waals surface area contributed by atoms with E-state index in [0.717, 1.165) is 24.3 Å². The van der Waals surface area contributed by atoms with Crippen molar-refractivity contribution >= 4 is 31.6 Å². The van der Waals surface area contributed by atoms with Crippen LogP contribution in [-0.4, -0.2) is 28.8 Å². The summed E-state index contributed by atoms with van der Waals surface area (Å²) < 4.78 is 63.8. The molecule has 0 unspecified atom stereocenters. The van der Waals surface area contributed by atoms with Gasteiger partial charge < -0.3 is 5.32 Å². The van der Waals surface area contributed by atoms with Crippen molar-refractivity contribution in [3.8, 4) is 0 Å². The second kappa shape index (κ2) is 9.57. The van der Waals surface area contributed by atoms with Crippen LogP contribution < -0.4 is 15.2 Å². The minimum absolute atomic E-state index is 0.0440. The van der Waals surface area contributed by atoms with Gasteiger partial charge in [0.1, 0.15) is 11.9 Å². The largest absolute Gasteiger partial charge is 0.325 e. The number of hydrogen-bond donors (Lipinski definition) is 3. The second-order valence-electron chi connectivity index (χ2n) is 6.88. The van der Waals surface area contributed by atoms with Crippen LogP contribution in [0.25, 0.3) is 0 Å². The van der Waals surface area contributed by atoms with Crippen molar-refractivity contribution in [1.82, 2.24) is 4.72 Å². The Bertz CT molecular complexity index is 1300. The third kappa shape index (κ3) is 6.20. The molecule has 0 heterocycles. The Morgan fingerprint density at radius 3 is 1.97 bits per heavy atom. The number of sulfonamides is 2. The van der Waals surface area contributed by atoms with Gasteiger partial charge in [-0.25, -0.2) is 26.4 Å². The van der Waals surface area contributed by atoms with Gasteiger partial charge in [-0.15, -0.1) is 0 Å². The summed E-state index contributed by atoms with van der Waals surface area (Å²) in [6.07, 6.45) is 0.0440. The van der Waals surface area contributed by atoms with Crippen LogP contribution in [0.2, 0.25) is 0 Å². The molecule has 3 aromatic rings. The van der Waals surface area contributed by atoms with E-state index in [0.29, 0.717) is 5.56 Å². The summed E-state index contributed by atoms with van der Waals surface area (Å²) in [4.78, 5) is 12.6. The quantitative estimate of drug-likeness (QED) is 0.456. The third-order valence-electron chi connectivity index (χ3n) is 4.47. The molecule has 0 saturated heterocycles. The number of amides is 1. The molecule has 0 aliphatic rings. The Morgan fingerprint density at radius 1 is 0.844 bits per heavy atom. The molecule has 0 bridgehead atoms. The van der Waals surface area contributed by atoms with Crippen molar-refractivity contribution in [3.05, 3.63) is 90.2 Å². The summed E-state index contributed by atoms with van der Waals surface area (Å²) in [5.41, 5.74) is 0.959. The van der Waals surface area contributed by atoms with Crippen LogP contribution in [0.3, 0.4) is 0 Å². The van der Waals surface area contributed by atoms with Gasteiger partial charge >= 0.3 is 0 Å². The van der Waals surface area contributed by atoms with E-state index in [1.54, 1.807) is 30.3 Å². The maximum atomic E-state index is 13.2. The van der Waals surface area contributed by atoms with E-state index in [2.05, 4.69) is 10.0 Å². The van der Waals surface area contributed by atoms with E-state index < -0.39 is 37.8 Å². The number of carbonyl (C=O) groups excluding carboxylic acids is 1. The lowest BCUT2D eigenvalue weighted by Crippen LogP contribution is -2.45. The highest BCUT2D eigenvalue weighted by atomic mass is 32.2. The molecule has 1 amide bonds. The van der Waals surface area contributed by atoms with Gasteiger partial charge in [-0.05, 0) is 60.5 Å². The van der Waals surface area contributed by atoms with E-state index in [4.69, 9.17) is 5.14 Å². The lowest BCUT2D eigenvalue weighted by Gasteiger charge is -2.19. The summed E-state index contributed by atoms with van der Waals surface area (Å²) in [6, 6.07) is 16.9. The molecule has 1 atom stereocenters. The molecule has 4 N–H and O–H groups in total. The number of halogens is 1. The lowest BCUT2D eigenvalue weighted by atomic mass is 10.1. The predicted octanol–water partition coefficient (Wildman–Crippen LogP) is 2.00. The van der Waals surface area contributed by atoms with Crippen LogP contribution in [0, 0.1) is 5.82 Å². The first-order valence-corrected chi connectivity index (χ1v) is 12.3. The molecule has 168 valence electrons. The monoisotopic (exact) mass is 477 g/mol. The zero-order valence-corrected chi connectivity index (χ0v) is 18.2. The first-order chi connectivity index (χ1) is 15.0. The molecule has 11 heteroatoms. The third-order valence-corrected chi connectivity index (χ3v) is 6.89. The number of anilines is 1. The van der Waals surface area contributed by atoms with Gasteiger partial charge in [-0.2, -0.15) is 4.72 Å². The zero-order chi connectivity index (χ0) is 23.4. The molecular formula is C21H20FN3O5S2. The van der Waals surface area contributed by atoms with E-state index in [1.165, 1.54) is 24.3 Å². The lowest BCUT2D eigenvalue weighted by molar-refractivity contribution is -0.117. The van der Waals surface area contributed by atoms with Crippen molar-refractivity contribution in [3.63, 3.8) is 0 Å². The van der Waals surface area contributed by atoms with Gasteiger partial charge in [0.15, 0.2) is 0 Å². The summed E-state index contributed by atoms with van der Waals surface area (Å²) in [5, 5.41) is 7.62. The molecule has 0 aromatic heterocycles. The van der Waals surface area contributed by atoms with Crippen LogP contribution in [-0.2, 0) is 31.3 Å². The Morgan fingerprint density at radius 2 is 1.41 bits per heavy atom. The highest BCUT2D eigenvalue weighted by Crippen LogP contribution is 2.16. The van der Waals surface area contributed by atoms with Crippen LogP contribution in [0.1, 0.15) is 5.56 Å². The van der Waals surface area contributed by atoms with E-state index >= 15 is 0 Å². The molecule has 0 aliphatic carbocycles. The molecule has 0 radical (unpaired) electrons. The van der Waals surface area contributed by atoms with Crippen LogP contribution in [0.5, 0.6) is 0 Å². The van der Waals surface area contributed by atoms with E-state index in [9.17, 15) is 26.0 Å². The average Bonchev–Trinajstić information content (AvgIpc) is 2.74. The molecule has 8 nitrogen and oxygen atoms in total. The SMILES string of the molecule is NS(=O)(=O)c1ccc(NC(=O)[C@@H](Cc2ccccc2)NS(=O)(=O)c2ccc(F)cc2)cc1. The number of hydrogen-bond acceptors (Lipinski definition) is 5. The molecule has 3 rings (SSSR count). The van der Waals surface area contributed by atoms with E-state index in [-0.39, 0.29) is 21.9 Å². The standard InChI is InChI=1S/C21H20FN3O5S2/c22-16-6-10-19(11-7-16)32(29,30)25-20(14-15-4-2-1-3-5-15)21(26)24-17-8-12-18(13-9-17)31(23,27)28/h1-13,20,25H,14H2,(H,24,26)(H2,23,27,28)/t20-/m1/s1. The number of nitrogens with two attached hydrogens (primary N) is 1. The highest BCUT2D eigenvalue weighted by Gasteiger charge is 2.26. The second-order valence-corrected chi connectivity index (χ2v) is 10.2. The summed E-state index contributed by atoms with van der Waals surface area (Å²) in [5.74, 6) is -1.26. The summed E-state index contributed by atoms with van der Waals surface area (Å²) in [6.45, 7) is 0. The molecule has 0 spiro atoms. The van der Waals surface area contributed by atoms with Crippen LogP contribution in [0.4, 0.5) is 10.1 Å². The summed E-state index contributed by atoms with van der Waals surface area (Å²) >= 11 is 0. The minimum atomic E-state index is -4.13. The molecule has 0 saturated carbocycles. The molecular weight excluding hydrogens is 457 g/mol. The predicted molar refractivity (Wildman–Crippen MR) is 117 cm³/mol. The smallest absolute Gasteiger partial charge is 0.242 e. The van der Waals surface area contributed by atoms with Gasteiger partial charge in [0, 0.05) is 5.69 Å². The Hall–Kier alpha value is -3.12. The number of primary sulfonamides is 1.